The molecule has 2 aliphatic heterocycles. The quantitative estimate of drug-likeness (QED) is 0.797. The first-order valence-electron chi connectivity index (χ1n) is 8.45. The van der Waals surface area contributed by atoms with Crippen LogP contribution in [-0.2, 0) is 10.0 Å². The molecule has 2 aliphatic rings. The smallest absolute Gasteiger partial charge is 0.243 e. The van der Waals surface area contributed by atoms with Gasteiger partial charge < -0.3 is 14.2 Å². The first-order chi connectivity index (χ1) is 12.6. The van der Waals surface area contributed by atoms with Crippen LogP contribution in [0.3, 0.4) is 0 Å². The van der Waals surface area contributed by atoms with E-state index in [-0.39, 0.29) is 17.5 Å². The molecular formula is C17H19N3O5S. The maximum atomic E-state index is 13.0. The van der Waals surface area contributed by atoms with Crippen LogP contribution in [-0.4, -0.2) is 55.1 Å². The minimum Gasteiger partial charge on any atom is -0.486 e. The molecule has 0 spiro atoms. The molecule has 1 atom stereocenters. The summed E-state index contributed by atoms with van der Waals surface area (Å²) in [6, 6.07) is 4.71. The van der Waals surface area contributed by atoms with Gasteiger partial charge in [0.25, 0.3) is 0 Å². The van der Waals surface area contributed by atoms with Crippen LogP contribution in [0, 0.1) is 0 Å². The highest BCUT2D eigenvalue weighted by Gasteiger charge is 2.32. The van der Waals surface area contributed by atoms with Crippen LogP contribution < -0.4 is 14.2 Å². The SMILES string of the molecule is O=S(=O)(c1ccc2c(c1)OCCO2)N1CCC[C@H](Oc2cnccn2)C1. The van der Waals surface area contributed by atoms with Gasteiger partial charge in [0.15, 0.2) is 11.5 Å². The van der Waals surface area contributed by atoms with Crippen LogP contribution in [0.25, 0.3) is 0 Å². The Morgan fingerprint density at radius 2 is 2.00 bits per heavy atom. The molecule has 0 amide bonds. The average molecular weight is 377 g/mol. The molecule has 0 aliphatic carbocycles. The van der Waals surface area contributed by atoms with Crippen LogP contribution in [0.15, 0.2) is 41.7 Å². The van der Waals surface area contributed by atoms with E-state index in [2.05, 4.69) is 9.97 Å². The lowest BCUT2D eigenvalue weighted by atomic mass is 10.1. The molecule has 0 unspecified atom stereocenters. The Morgan fingerprint density at radius 3 is 2.81 bits per heavy atom. The minimum absolute atomic E-state index is 0.196. The topological polar surface area (TPSA) is 90.9 Å². The molecule has 2 aromatic rings. The van der Waals surface area contributed by atoms with Crippen LogP contribution in [0.4, 0.5) is 0 Å². The van der Waals surface area contributed by atoms with E-state index in [0.29, 0.717) is 43.6 Å². The predicted octanol–water partition coefficient (Wildman–Crippen LogP) is 1.48. The molecule has 1 aromatic heterocycles. The van der Waals surface area contributed by atoms with Gasteiger partial charge in [0.2, 0.25) is 15.9 Å². The summed E-state index contributed by atoms with van der Waals surface area (Å²) in [7, 11) is -3.64. The molecule has 138 valence electrons. The molecule has 8 nitrogen and oxygen atoms in total. The van der Waals surface area contributed by atoms with Crippen LogP contribution in [0.5, 0.6) is 17.4 Å². The van der Waals surface area contributed by atoms with Crippen molar-refractivity contribution < 1.29 is 22.6 Å². The molecule has 1 fully saturated rings. The van der Waals surface area contributed by atoms with E-state index in [1.54, 1.807) is 24.5 Å². The molecule has 0 N–H and O–H groups in total. The minimum atomic E-state index is -3.64. The van der Waals surface area contributed by atoms with Gasteiger partial charge in [-0.2, -0.15) is 4.31 Å². The zero-order valence-corrected chi connectivity index (χ0v) is 14.9. The molecule has 1 saturated heterocycles. The fourth-order valence-corrected chi connectivity index (χ4v) is 4.60. The van der Waals surface area contributed by atoms with Gasteiger partial charge in [-0.1, -0.05) is 0 Å². The lowest BCUT2D eigenvalue weighted by Gasteiger charge is -2.32. The molecule has 0 radical (unpaired) electrons. The monoisotopic (exact) mass is 377 g/mol. The third-order valence-electron chi connectivity index (χ3n) is 4.32. The van der Waals surface area contributed by atoms with Crippen LogP contribution >= 0.6 is 0 Å². The van der Waals surface area contributed by atoms with Crippen LogP contribution in [0.2, 0.25) is 0 Å². The maximum Gasteiger partial charge on any atom is 0.243 e. The van der Waals surface area contributed by atoms with Gasteiger partial charge >= 0.3 is 0 Å². The van der Waals surface area contributed by atoms with Crippen molar-refractivity contribution in [1.29, 1.82) is 0 Å². The van der Waals surface area contributed by atoms with E-state index in [1.807, 2.05) is 0 Å². The molecule has 1 aromatic carbocycles. The second-order valence-corrected chi connectivity index (χ2v) is 8.03. The van der Waals surface area contributed by atoms with Crippen molar-refractivity contribution in [3.8, 4) is 17.4 Å². The number of hydrogen-bond acceptors (Lipinski definition) is 7. The average Bonchev–Trinajstić information content (AvgIpc) is 2.68. The fraction of sp³-hybridized carbons (Fsp3) is 0.412. The zero-order valence-electron chi connectivity index (χ0n) is 14.1. The number of aromatic nitrogens is 2. The highest BCUT2D eigenvalue weighted by Crippen LogP contribution is 2.33. The maximum absolute atomic E-state index is 13.0. The van der Waals surface area contributed by atoms with Crippen molar-refractivity contribution in [2.24, 2.45) is 0 Å². The summed E-state index contributed by atoms with van der Waals surface area (Å²) >= 11 is 0. The van der Waals surface area contributed by atoms with E-state index < -0.39 is 10.0 Å². The Bertz CT molecular complexity index is 875. The normalized spacial score (nSPS) is 20.5. The Morgan fingerprint density at radius 1 is 1.15 bits per heavy atom. The summed E-state index contributed by atoms with van der Waals surface area (Å²) in [5, 5.41) is 0. The van der Waals surface area contributed by atoms with Gasteiger partial charge in [0.05, 0.1) is 17.6 Å². The van der Waals surface area contributed by atoms with Crippen molar-refractivity contribution in [1.82, 2.24) is 14.3 Å². The number of piperidine rings is 1. The molecule has 0 saturated carbocycles. The number of ether oxygens (including phenoxy) is 3. The molecule has 0 bridgehead atoms. The molecule has 9 heteroatoms. The largest absolute Gasteiger partial charge is 0.486 e. The zero-order chi connectivity index (χ0) is 18.0. The lowest BCUT2D eigenvalue weighted by Crippen LogP contribution is -2.44. The molecule has 26 heavy (non-hydrogen) atoms. The number of fused-ring (bicyclic) bond motifs is 1. The standard InChI is InChI=1S/C17H19N3O5S/c21-26(22,14-3-4-15-16(10-14)24-9-8-23-15)20-7-1-2-13(12-20)25-17-11-18-5-6-19-17/h3-6,10-11,13H,1-2,7-9,12H2/t13-/m0/s1. The highest BCUT2D eigenvalue weighted by atomic mass is 32.2. The summed E-state index contributed by atoms with van der Waals surface area (Å²) < 4.78 is 44.2. The van der Waals surface area contributed by atoms with Gasteiger partial charge in [-0.05, 0) is 25.0 Å². The summed E-state index contributed by atoms with van der Waals surface area (Å²) in [5.74, 6) is 1.43. The second kappa shape index (κ2) is 7.08. The Labute approximate surface area is 151 Å². The van der Waals surface area contributed by atoms with E-state index in [4.69, 9.17) is 14.2 Å². The third-order valence-corrected chi connectivity index (χ3v) is 6.18. The summed E-state index contributed by atoms with van der Waals surface area (Å²) in [6.45, 7) is 1.60. The van der Waals surface area contributed by atoms with Gasteiger partial charge in [-0.15, -0.1) is 0 Å². The number of benzene rings is 1. The van der Waals surface area contributed by atoms with Gasteiger partial charge in [0.1, 0.15) is 19.3 Å². The van der Waals surface area contributed by atoms with Crippen LogP contribution in [0.1, 0.15) is 12.8 Å². The van der Waals surface area contributed by atoms with Gasteiger partial charge in [-0.25, -0.2) is 13.4 Å². The Balaban J connectivity index is 1.52. The summed E-state index contributed by atoms with van der Waals surface area (Å²) in [6.07, 6.45) is 5.86. The first kappa shape index (κ1) is 17.0. The molecular weight excluding hydrogens is 358 g/mol. The molecule has 4 rings (SSSR count). The number of sulfonamides is 1. The second-order valence-electron chi connectivity index (χ2n) is 6.09. The van der Waals surface area contributed by atoms with Crippen molar-refractivity contribution in [3.63, 3.8) is 0 Å². The van der Waals surface area contributed by atoms with E-state index in [1.165, 1.54) is 16.6 Å². The third kappa shape index (κ3) is 3.45. The van der Waals surface area contributed by atoms with Crippen molar-refractivity contribution in [2.75, 3.05) is 26.3 Å². The number of nitrogens with zero attached hydrogens (tertiary/aromatic N) is 3. The Hall–Kier alpha value is -2.39. The molecule has 3 heterocycles. The first-order valence-corrected chi connectivity index (χ1v) is 9.89. The van der Waals surface area contributed by atoms with E-state index >= 15 is 0 Å². The van der Waals surface area contributed by atoms with Crippen molar-refractivity contribution in [3.05, 3.63) is 36.8 Å². The van der Waals surface area contributed by atoms with Crippen molar-refractivity contribution >= 4 is 10.0 Å². The Kier molecular flexibility index (Phi) is 4.64. The lowest BCUT2D eigenvalue weighted by molar-refractivity contribution is 0.124. The van der Waals surface area contributed by atoms with Crippen molar-refractivity contribution in [2.45, 2.75) is 23.8 Å². The van der Waals surface area contributed by atoms with Gasteiger partial charge in [0, 0.05) is 25.0 Å². The van der Waals surface area contributed by atoms with E-state index in [9.17, 15) is 8.42 Å². The number of hydrogen-bond donors (Lipinski definition) is 0. The summed E-state index contributed by atoms with van der Waals surface area (Å²) in [4.78, 5) is 8.24. The number of rotatable bonds is 4. The highest BCUT2D eigenvalue weighted by molar-refractivity contribution is 7.89. The van der Waals surface area contributed by atoms with E-state index in [0.717, 1.165) is 6.42 Å². The van der Waals surface area contributed by atoms with Gasteiger partial charge in [-0.3, -0.25) is 4.98 Å². The summed E-state index contributed by atoms with van der Waals surface area (Å²) in [5.41, 5.74) is 0. The fourth-order valence-electron chi connectivity index (χ4n) is 3.07. The predicted molar refractivity (Wildman–Crippen MR) is 91.9 cm³/mol.